The minimum absolute atomic E-state index is 0.271. The summed E-state index contributed by atoms with van der Waals surface area (Å²) in [6, 6.07) is 11.3. The average molecular weight is 453 g/mol. The number of anilines is 1. The molecular formula is C21H17ClN6O4. The molecule has 0 aliphatic carbocycles. The maximum atomic E-state index is 13.3. The highest BCUT2D eigenvalue weighted by atomic mass is 35.5. The molecule has 2 aromatic carbocycles. The van der Waals surface area contributed by atoms with E-state index in [0.29, 0.717) is 27.7 Å². The van der Waals surface area contributed by atoms with Crippen LogP contribution in [0.25, 0.3) is 5.69 Å². The monoisotopic (exact) mass is 452 g/mol. The molecule has 32 heavy (non-hydrogen) atoms. The van der Waals surface area contributed by atoms with E-state index in [-0.39, 0.29) is 13.0 Å². The Bertz CT molecular complexity index is 1230. The van der Waals surface area contributed by atoms with Gasteiger partial charge in [0.25, 0.3) is 5.91 Å². The SMILES string of the molecule is O=C(CN1C(=O)N[C@]2(CCOc3ccccc32)C1=O)Nc1cc(Cl)ccc1-n1cncn1. The molecule has 2 aliphatic heterocycles. The van der Waals surface area contributed by atoms with Crippen molar-refractivity contribution in [2.45, 2.75) is 12.0 Å². The highest BCUT2D eigenvalue weighted by Gasteiger charge is 2.55. The van der Waals surface area contributed by atoms with Gasteiger partial charge in [0.15, 0.2) is 5.54 Å². The van der Waals surface area contributed by atoms with E-state index in [1.165, 1.54) is 17.3 Å². The number of urea groups is 1. The molecule has 5 rings (SSSR count). The molecule has 1 fully saturated rings. The van der Waals surface area contributed by atoms with Gasteiger partial charge in [-0.25, -0.2) is 14.5 Å². The number of aromatic nitrogens is 3. The smallest absolute Gasteiger partial charge is 0.325 e. The largest absolute Gasteiger partial charge is 0.493 e. The lowest BCUT2D eigenvalue weighted by atomic mass is 9.84. The zero-order chi connectivity index (χ0) is 22.3. The number of hydrogen-bond donors (Lipinski definition) is 2. The van der Waals surface area contributed by atoms with Gasteiger partial charge in [-0.15, -0.1) is 0 Å². The number of ether oxygens (including phenoxy) is 1. The van der Waals surface area contributed by atoms with Gasteiger partial charge >= 0.3 is 6.03 Å². The van der Waals surface area contributed by atoms with Gasteiger partial charge in [-0.2, -0.15) is 5.10 Å². The van der Waals surface area contributed by atoms with Gasteiger partial charge in [0.05, 0.1) is 18.0 Å². The van der Waals surface area contributed by atoms with Crippen LogP contribution in [-0.2, 0) is 15.1 Å². The van der Waals surface area contributed by atoms with Crippen molar-refractivity contribution in [3.8, 4) is 11.4 Å². The quantitative estimate of drug-likeness (QED) is 0.585. The van der Waals surface area contributed by atoms with Crippen LogP contribution in [0.4, 0.5) is 10.5 Å². The number of para-hydroxylation sites is 1. The molecule has 4 amide bonds. The maximum Gasteiger partial charge on any atom is 0.325 e. The number of carbonyl (C=O) groups excluding carboxylic acids is 3. The molecular weight excluding hydrogens is 436 g/mol. The number of amides is 4. The van der Waals surface area contributed by atoms with Crippen LogP contribution in [0.3, 0.4) is 0 Å². The second-order valence-electron chi connectivity index (χ2n) is 7.37. The van der Waals surface area contributed by atoms with Crippen LogP contribution < -0.4 is 15.4 Å². The fourth-order valence-electron chi connectivity index (χ4n) is 3.99. The van der Waals surface area contributed by atoms with Crippen molar-refractivity contribution in [2.75, 3.05) is 18.5 Å². The normalized spacial score (nSPS) is 19.5. The van der Waals surface area contributed by atoms with E-state index in [1.807, 2.05) is 0 Å². The summed E-state index contributed by atoms with van der Waals surface area (Å²) in [4.78, 5) is 43.6. The van der Waals surface area contributed by atoms with Crippen molar-refractivity contribution in [1.82, 2.24) is 25.0 Å². The summed E-state index contributed by atoms with van der Waals surface area (Å²) < 4.78 is 7.09. The Hall–Kier alpha value is -3.92. The first kappa shape index (κ1) is 20.0. The standard InChI is InChI=1S/C21H17ClN6O4/c22-13-5-6-16(28-12-23-11-24-28)15(9-13)25-18(29)10-27-19(30)21(26-20(27)31)7-8-32-17-4-2-1-3-14(17)21/h1-6,9,11-12H,7-8,10H2,(H,25,29)(H,26,31)/t21-/m0/s1. The fraction of sp³-hybridized carbons (Fsp3) is 0.190. The summed E-state index contributed by atoms with van der Waals surface area (Å²) in [6.07, 6.45) is 3.11. The average Bonchev–Trinajstić information content (AvgIpc) is 3.38. The third-order valence-electron chi connectivity index (χ3n) is 5.46. The van der Waals surface area contributed by atoms with E-state index >= 15 is 0 Å². The highest BCUT2D eigenvalue weighted by Crippen LogP contribution is 2.40. The first-order chi connectivity index (χ1) is 15.5. The number of nitrogens with zero attached hydrogens (tertiary/aromatic N) is 4. The predicted octanol–water partition coefficient (Wildman–Crippen LogP) is 2.09. The van der Waals surface area contributed by atoms with Crippen LogP contribution in [0.1, 0.15) is 12.0 Å². The number of nitrogens with one attached hydrogen (secondary N) is 2. The zero-order valence-electron chi connectivity index (χ0n) is 16.6. The lowest BCUT2D eigenvalue weighted by Gasteiger charge is -2.33. The second-order valence-corrected chi connectivity index (χ2v) is 7.81. The minimum Gasteiger partial charge on any atom is -0.493 e. The number of imide groups is 1. The van der Waals surface area contributed by atoms with Gasteiger partial charge in [0.1, 0.15) is 24.9 Å². The van der Waals surface area contributed by atoms with E-state index in [2.05, 4.69) is 20.7 Å². The Morgan fingerprint density at radius 3 is 2.91 bits per heavy atom. The summed E-state index contributed by atoms with van der Waals surface area (Å²) in [5.41, 5.74) is 0.239. The Kier molecular flexibility index (Phi) is 4.78. The van der Waals surface area contributed by atoms with Crippen LogP contribution in [0.5, 0.6) is 5.75 Å². The predicted molar refractivity (Wildman–Crippen MR) is 113 cm³/mol. The minimum atomic E-state index is -1.24. The number of benzene rings is 2. The van der Waals surface area contributed by atoms with Crippen molar-refractivity contribution in [1.29, 1.82) is 0 Å². The molecule has 1 spiro atoms. The molecule has 3 aromatic rings. The van der Waals surface area contributed by atoms with Crippen molar-refractivity contribution < 1.29 is 19.1 Å². The number of rotatable bonds is 4. The molecule has 1 atom stereocenters. The van der Waals surface area contributed by atoms with E-state index in [0.717, 1.165) is 4.90 Å². The topological polar surface area (TPSA) is 118 Å². The van der Waals surface area contributed by atoms with Crippen molar-refractivity contribution in [2.24, 2.45) is 0 Å². The Labute approximate surface area is 187 Å². The first-order valence-corrected chi connectivity index (χ1v) is 10.2. The molecule has 2 aliphatic rings. The molecule has 0 bridgehead atoms. The third kappa shape index (κ3) is 3.25. The molecule has 11 heteroatoms. The maximum absolute atomic E-state index is 13.3. The number of fused-ring (bicyclic) bond motifs is 2. The van der Waals surface area contributed by atoms with E-state index in [4.69, 9.17) is 16.3 Å². The Morgan fingerprint density at radius 2 is 2.09 bits per heavy atom. The zero-order valence-corrected chi connectivity index (χ0v) is 17.4. The molecule has 2 N–H and O–H groups in total. The fourth-order valence-corrected chi connectivity index (χ4v) is 4.16. The van der Waals surface area contributed by atoms with Gasteiger partial charge in [-0.05, 0) is 24.3 Å². The van der Waals surface area contributed by atoms with Gasteiger partial charge in [0.2, 0.25) is 5.91 Å². The van der Waals surface area contributed by atoms with Crippen molar-refractivity contribution in [3.05, 3.63) is 65.7 Å². The lowest BCUT2D eigenvalue weighted by molar-refractivity contribution is -0.135. The van der Waals surface area contributed by atoms with E-state index in [9.17, 15) is 14.4 Å². The van der Waals surface area contributed by atoms with Crippen LogP contribution >= 0.6 is 11.6 Å². The molecule has 0 saturated carbocycles. The lowest BCUT2D eigenvalue weighted by Crippen LogP contribution is -2.48. The highest BCUT2D eigenvalue weighted by molar-refractivity contribution is 6.31. The summed E-state index contributed by atoms with van der Waals surface area (Å²) >= 11 is 6.09. The molecule has 0 radical (unpaired) electrons. The summed E-state index contributed by atoms with van der Waals surface area (Å²) in [5, 5.41) is 9.94. The number of halogens is 1. The van der Waals surface area contributed by atoms with Crippen LogP contribution in [0, 0.1) is 0 Å². The van der Waals surface area contributed by atoms with Gasteiger partial charge in [-0.3, -0.25) is 14.5 Å². The van der Waals surface area contributed by atoms with E-state index < -0.39 is 29.9 Å². The molecule has 10 nitrogen and oxygen atoms in total. The van der Waals surface area contributed by atoms with Crippen LogP contribution in [0.15, 0.2) is 55.1 Å². The van der Waals surface area contributed by atoms with Gasteiger partial charge < -0.3 is 15.4 Å². The molecule has 1 aromatic heterocycles. The number of carbonyl (C=O) groups is 3. The third-order valence-corrected chi connectivity index (χ3v) is 5.69. The second kappa shape index (κ2) is 7.65. The summed E-state index contributed by atoms with van der Waals surface area (Å²) in [5.74, 6) is -0.513. The Balaban J connectivity index is 1.38. The van der Waals surface area contributed by atoms with Gasteiger partial charge in [-0.1, -0.05) is 29.8 Å². The summed E-state index contributed by atoms with van der Waals surface area (Å²) in [6.45, 7) is -0.189. The number of hydrogen-bond acceptors (Lipinski definition) is 6. The Morgan fingerprint density at radius 1 is 1.25 bits per heavy atom. The summed E-state index contributed by atoms with van der Waals surface area (Å²) in [7, 11) is 0. The molecule has 162 valence electrons. The van der Waals surface area contributed by atoms with Crippen LogP contribution in [-0.4, -0.2) is 50.7 Å². The first-order valence-electron chi connectivity index (χ1n) is 9.79. The molecule has 1 saturated heterocycles. The molecule has 0 unspecified atom stereocenters. The van der Waals surface area contributed by atoms with Crippen LogP contribution in [0.2, 0.25) is 5.02 Å². The molecule has 3 heterocycles. The van der Waals surface area contributed by atoms with E-state index in [1.54, 1.807) is 42.5 Å². The van der Waals surface area contributed by atoms with Crippen molar-refractivity contribution >= 4 is 35.1 Å². The van der Waals surface area contributed by atoms with Crippen molar-refractivity contribution in [3.63, 3.8) is 0 Å². The van der Waals surface area contributed by atoms with Gasteiger partial charge in [0, 0.05) is 17.0 Å².